The van der Waals surface area contributed by atoms with Crippen LogP contribution in [0.4, 0.5) is 0 Å². The summed E-state index contributed by atoms with van der Waals surface area (Å²) >= 11 is 0. The number of amides is 1. The lowest BCUT2D eigenvalue weighted by atomic mass is 10.0. The largest absolute Gasteiger partial charge is 0.376 e. The van der Waals surface area contributed by atoms with Crippen molar-refractivity contribution in [3.63, 3.8) is 0 Å². The van der Waals surface area contributed by atoms with Crippen molar-refractivity contribution < 1.29 is 9.53 Å². The molecule has 0 saturated carbocycles. The summed E-state index contributed by atoms with van der Waals surface area (Å²) in [5, 5.41) is 3.48. The van der Waals surface area contributed by atoms with Gasteiger partial charge < -0.3 is 9.64 Å². The quantitative estimate of drug-likeness (QED) is 0.925. The average molecular weight is 288 g/mol. The highest BCUT2D eigenvalue weighted by Crippen LogP contribution is 2.30. The van der Waals surface area contributed by atoms with Gasteiger partial charge in [0.25, 0.3) is 0 Å². The van der Waals surface area contributed by atoms with E-state index in [4.69, 9.17) is 4.74 Å². The first kappa shape index (κ1) is 14.5. The molecule has 114 valence electrons. The molecule has 4 nitrogen and oxygen atoms in total. The molecule has 2 saturated heterocycles. The molecule has 1 aromatic carbocycles. The predicted octanol–water partition coefficient (Wildman–Crippen LogP) is 2.46. The molecule has 0 aliphatic carbocycles. The van der Waals surface area contributed by atoms with E-state index in [-0.39, 0.29) is 30.3 Å². The first-order chi connectivity index (χ1) is 10.2. The third-order valence-corrected chi connectivity index (χ3v) is 4.66. The minimum absolute atomic E-state index is 0.0990. The van der Waals surface area contributed by atoms with Crippen LogP contribution in [0.3, 0.4) is 0 Å². The summed E-state index contributed by atoms with van der Waals surface area (Å²) < 4.78 is 5.79. The second kappa shape index (κ2) is 6.16. The average Bonchev–Trinajstić information content (AvgIpc) is 3.15. The Labute approximate surface area is 126 Å². The molecule has 0 spiro atoms. The molecule has 4 unspecified atom stereocenters. The summed E-state index contributed by atoms with van der Waals surface area (Å²) in [5.41, 5.74) is 1.04. The zero-order valence-electron chi connectivity index (χ0n) is 12.8. The van der Waals surface area contributed by atoms with E-state index in [0.29, 0.717) is 0 Å². The van der Waals surface area contributed by atoms with E-state index < -0.39 is 0 Å². The van der Waals surface area contributed by atoms with Crippen LogP contribution in [0, 0.1) is 0 Å². The summed E-state index contributed by atoms with van der Waals surface area (Å²) in [6.07, 6.45) is 3.34. The van der Waals surface area contributed by atoms with Gasteiger partial charge in [-0.1, -0.05) is 37.3 Å². The van der Waals surface area contributed by atoms with Crippen LogP contribution in [0.25, 0.3) is 0 Å². The number of benzene rings is 1. The number of carbonyl (C=O) groups is 1. The Hall–Kier alpha value is -1.39. The van der Waals surface area contributed by atoms with E-state index in [1.807, 2.05) is 35.2 Å². The van der Waals surface area contributed by atoms with Crippen molar-refractivity contribution in [2.24, 2.45) is 0 Å². The van der Waals surface area contributed by atoms with Gasteiger partial charge in [-0.3, -0.25) is 10.1 Å². The third kappa shape index (κ3) is 2.70. The molecule has 21 heavy (non-hydrogen) atoms. The van der Waals surface area contributed by atoms with Crippen molar-refractivity contribution in [3.05, 3.63) is 35.9 Å². The Morgan fingerprint density at radius 2 is 2.14 bits per heavy atom. The third-order valence-electron chi connectivity index (χ3n) is 4.66. The minimum atomic E-state index is -0.222. The van der Waals surface area contributed by atoms with Gasteiger partial charge in [0.15, 0.2) is 0 Å². The zero-order chi connectivity index (χ0) is 14.8. The summed E-state index contributed by atoms with van der Waals surface area (Å²) in [5.74, 6) is 0.177. The van der Waals surface area contributed by atoms with Gasteiger partial charge in [0.1, 0.15) is 6.04 Å². The predicted molar refractivity (Wildman–Crippen MR) is 81.7 cm³/mol. The fourth-order valence-corrected chi connectivity index (χ4v) is 3.49. The maximum Gasteiger partial charge on any atom is 0.245 e. The maximum atomic E-state index is 12.9. The van der Waals surface area contributed by atoms with Gasteiger partial charge in [-0.05, 0) is 31.7 Å². The highest BCUT2D eigenvalue weighted by atomic mass is 16.5. The van der Waals surface area contributed by atoms with Crippen LogP contribution in [-0.2, 0) is 9.53 Å². The molecule has 2 heterocycles. The smallest absolute Gasteiger partial charge is 0.245 e. The lowest BCUT2D eigenvalue weighted by molar-refractivity contribution is -0.134. The van der Waals surface area contributed by atoms with Crippen molar-refractivity contribution >= 4 is 5.91 Å². The van der Waals surface area contributed by atoms with Crippen LogP contribution >= 0.6 is 0 Å². The SMILES string of the molecule is CCC1NC(c2ccccc2)C(=O)N1C(C)C1CCCO1. The Morgan fingerprint density at radius 3 is 2.76 bits per heavy atom. The first-order valence-corrected chi connectivity index (χ1v) is 7.97. The number of ether oxygens (including phenoxy) is 1. The fraction of sp³-hybridized carbons (Fsp3) is 0.588. The zero-order valence-corrected chi connectivity index (χ0v) is 12.8. The fourth-order valence-electron chi connectivity index (χ4n) is 3.49. The summed E-state index contributed by atoms with van der Waals surface area (Å²) in [6.45, 7) is 5.06. The first-order valence-electron chi connectivity index (χ1n) is 7.97. The molecule has 4 atom stereocenters. The Bertz CT molecular complexity index is 485. The van der Waals surface area contributed by atoms with Gasteiger partial charge >= 0.3 is 0 Å². The number of nitrogens with one attached hydrogen (secondary N) is 1. The van der Waals surface area contributed by atoms with Crippen molar-refractivity contribution in [2.45, 2.75) is 57.5 Å². The Morgan fingerprint density at radius 1 is 1.38 bits per heavy atom. The molecule has 1 amide bonds. The van der Waals surface area contributed by atoms with Crippen LogP contribution < -0.4 is 5.32 Å². The van der Waals surface area contributed by atoms with Crippen molar-refractivity contribution in [2.75, 3.05) is 6.61 Å². The number of rotatable bonds is 4. The molecule has 2 aliphatic heterocycles. The van der Waals surface area contributed by atoms with Crippen molar-refractivity contribution in [1.82, 2.24) is 10.2 Å². The van der Waals surface area contributed by atoms with Gasteiger partial charge in [0, 0.05) is 6.61 Å². The summed E-state index contributed by atoms with van der Waals surface area (Å²) in [7, 11) is 0. The minimum Gasteiger partial charge on any atom is -0.376 e. The van der Waals surface area contributed by atoms with Gasteiger partial charge in [0.2, 0.25) is 5.91 Å². The van der Waals surface area contributed by atoms with E-state index in [1.165, 1.54) is 0 Å². The normalized spacial score (nSPS) is 30.9. The Balaban J connectivity index is 1.81. The van der Waals surface area contributed by atoms with E-state index in [9.17, 15) is 4.79 Å². The van der Waals surface area contributed by atoms with Gasteiger partial charge in [-0.25, -0.2) is 0 Å². The number of carbonyl (C=O) groups excluding carboxylic acids is 1. The number of hydrogen-bond donors (Lipinski definition) is 1. The monoisotopic (exact) mass is 288 g/mol. The van der Waals surface area contributed by atoms with Gasteiger partial charge in [0.05, 0.1) is 18.3 Å². The topological polar surface area (TPSA) is 41.6 Å². The number of hydrogen-bond acceptors (Lipinski definition) is 3. The molecule has 0 radical (unpaired) electrons. The van der Waals surface area contributed by atoms with Crippen LogP contribution in [-0.4, -0.2) is 35.7 Å². The van der Waals surface area contributed by atoms with Crippen molar-refractivity contribution in [1.29, 1.82) is 0 Å². The van der Waals surface area contributed by atoms with E-state index in [1.54, 1.807) is 0 Å². The van der Waals surface area contributed by atoms with Crippen LogP contribution in [0.5, 0.6) is 0 Å². The van der Waals surface area contributed by atoms with Crippen LogP contribution in [0.2, 0.25) is 0 Å². The van der Waals surface area contributed by atoms with E-state index in [2.05, 4.69) is 19.2 Å². The van der Waals surface area contributed by atoms with Gasteiger partial charge in [-0.2, -0.15) is 0 Å². The Kier molecular flexibility index (Phi) is 4.27. The molecule has 2 fully saturated rings. The van der Waals surface area contributed by atoms with E-state index in [0.717, 1.165) is 31.4 Å². The second-order valence-electron chi connectivity index (χ2n) is 5.97. The van der Waals surface area contributed by atoms with Gasteiger partial charge in [-0.15, -0.1) is 0 Å². The lowest BCUT2D eigenvalue weighted by Gasteiger charge is -2.33. The van der Waals surface area contributed by atoms with E-state index >= 15 is 0 Å². The molecule has 1 N–H and O–H groups in total. The molecular weight excluding hydrogens is 264 g/mol. The second-order valence-corrected chi connectivity index (χ2v) is 5.97. The highest BCUT2D eigenvalue weighted by molar-refractivity contribution is 5.86. The standard InChI is InChI=1S/C17H24N2O2/c1-3-15-18-16(13-8-5-4-6-9-13)17(20)19(15)12(2)14-10-7-11-21-14/h4-6,8-9,12,14-16,18H,3,7,10-11H2,1-2H3. The summed E-state index contributed by atoms with van der Waals surface area (Å²) in [4.78, 5) is 14.9. The van der Waals surface area contributed by atoms with Crippen LogP contribution in [0.1, 0.15) is 44.7 Å². The molecule has 0 bridgehead atoms. The molecular formula is C17H24N2O2. The highest BCUT2D eigenvalue weighted by Gasteiger charge is 2.43. The molecule has 0 aromatic heterocycles. The van der Waals surface area contributed by atoms with Crippen LogP contribution in [0.15, 0.2) is 30.3 Å². The molecule has 4 heteroatoms. The molecule has 3 rings (SSSR count). The molecule has 1 aromatic rings. The molecule has 2 aliphatic rings. The maximum absolute atomic E-state index is 12.9. The van der Waals surface area contributed by atoms with Crippen molar-refractivity contribution in [3.8, 4) is 0 Å². The number of nitrogens with zero attached hydrogens (tertiary/aromatic N) is 1. The lowest BCUT2D eigenvalue weighted by Crippen LogP contribution is -2.48. The summed E-state index contributed by atoms with van der Waals surface area (Å²) in [6, 6.07) is 9.89.